The van der Waals surface area contributed by atoms with Crippen molar-refractivity contribution in [2.75, 3.05) is 5.73 Å². The molecule has 0 heterocycles. The van der Waals surface area contributed by atoms with E-state index >= 15 is 0 Å². The Morgan fingerprint density at radius 1 is 1.46 bits per heavy atom. The quantitative estimate of drug-likeness (QED) is 0.407. The summed E-state index contributed by atoms with van der Waals surface area (Å²) >= 11 is 0. The van der Waals surface area contributed by atoms with Gasteiger partial charge in [-0.05, 0) is 18.6 Å². The fraction of sp³-hybridized carbons (Fsp3) is 0.250. The zero-order valence-corrected chi connectivity index (χ0v) is 7.23. The van der Waals surface area contributed by atoms with Gasteiger partial charge in [-0.3, -0.25) is 10.1 Å². The van der Waals surface area contributed by atoms with E-state index in [2.05, 4.69) is 0 Å². The average molecular weight is 181 g/mol. The third kappa shape index (κ3) is 2.16. The molecule has 5 nitrogen and oxygen atoms in total. The van der Waals surface area contributed by atoms with Gasteiger partial charge in [0.1, 0.15) is 0 Å². The molecule has 4 N–H and O–H groups in total. The molecule has 0 aliphatic carbocycles. The molecule has 0 saturated heterocycles. The molecule has 0 aromatic heterocycles. The minimum absolute atomic E-state index is 0.0210. The summed E-state index contributed by atoms with van der Waals surface area (Å²) < 4.78 is 0. The minimum atomic E-state index is -0.484. The molecule has 13 heavy (non-hydrogen) atoms. The molecule has 0 spiro atoms. The molecule has 0 unspecified atom stereocenters. The highest BCUT2D eigenvalue weighted by Crippen LogP contribution is 2.21. The molecule has 1 aromatic rings. The zero-order chi connectivity index (χ0) is 10.0. The van der Waals surface area contributed by atoms with Crippen molar-refractivity contribution in [3.8, 4) is 0 Å². The van der Waals surface area contributed by atoms with Gasteiger partial charge in [-0.1, -0.05) is 0 Å². The van der Waals surface area contributed by atoms with Gasteiger partial charge in [0, 0.05) is 23.9 Å². The summed E-state index contributed by atoms with van der Waals surface area (Å²) in [5.41, 5.74) is 12.1. The van der Waals surface area contributed by atoms with E-state index in [1.807, 2.05) is 0 Å². The molecule has 70 valence electrons. The molecule has 1 atom stereocenters. The number of nitro benzene ring substituents is 1. The van der Waals surface area contributed by atoms with Gasteiger partial charge in [0.25, 0.3) is 5.69 Å². The van der Waals surface area contributed by atoms with Crippen molar-refractivity contribution < 1.29 is 4.92 Å². The largest absolute Gasteiger partial charge is 0.399 e. The maximum Gasteiger partial charge on any atom is 0.271 e. The average Bonchev–Trinajstić information content (AvgIpc) is 2.03. The first kappa shape index (κ1) is 9.47. The first-order valence-electron chi connectivity index (χ1n) is 3.81. The van der Waals surface area contributed by atoms with Crippen molar-refractivity contribution in [2.24, 2.45) is 5.73 Å². The second-order valence-electron chi connectivity index (χ2n) is 2.90. The van der Waals surface area contributed by atoms with E-state index in [-0.39, 0.29) is 11.7 Å². The van der Waals surface area contributed by atoms with Gasteiger partial charge in [-0.15, -0.1) is 0 Å². The van der Waals surface area contributed by atoms with Gasteiger partial charge in [-0.25, -0.2) is 0 Å². The fourth-order valence-corrected chi connectivity index (χ4v) is 1.03. The Hall–Kier alpha value is -1.62. The van der Waals surface area contributed by atoms with Crippen LogP contribution in [0.15, 0.2) is 18.2 Å². The molecule has 0 saturated carbocycles. The Balaban J connectivity index is 3.19. The second kappa shape index (κ2) is 3.40. The van der Waals surface area contributed by atoms with Crippen LogP contribution in [0.1, 0.15) is 18.5 Å². The number of rotatable bonds is 2. The maximum atomic E-state index is 10.4. The molecule has 0 aliphatic rings. The highest BCUT2D eigenvalue weighted by atomic mass is 16.6. The highest BCUT2D eigenvalue weighted by molar-refractivity contribution is 5.51. The van der Waals surface area contributed by atoms with E-state index in [1.165, 1.54) is 12.1 Å². The molecular formula is C8H11N3O2. The van der Waals surface area contributed by atoms with Crippen LogP contribution in [-0.4, -0.2) is 4.92 Å². The monoisotopic (exact) mass is 181 g/mol. The number of anilines is 1. The van der Waals surface area contributed by atoms with Crippen LogP contribution in [0.3, 0.4) is 0 Å². The first-order chi connectivity index (χ1) is 6.00. The number of nitrogen functional groups attached to an aromatic ring is 1. The minimum Gasteiger partial charge on any atom is -0.399 e. The number of hydrogen-bond donors (Lipinski definition) is 2. The van der Waals surface area contributed by atoms with Crippen LogP contribution in [-0.2, 0) is 0 Å². The summed E-state index contributed by atoms with van der Waals surface area (Å²) in [7, 11) is 0. The van der Waals surface area contributed by atoms with Crippen molar-refractivity contribution in [1.29, 1.82) is 0 Å². The van der Waals surface area contributed by atoms with Gasteiger partial charge >= 0.3 is 0 Å². The van der Waals surface area contributed by atoms with Crippen molar-refractivity contribution in [1.82, 2.24) is 0 Å². The van der Waals surface area contributed by atoms with Gasteiger partial charge in [-0.2, -0.15) is 0 Å². The predicted octanol–water partition coefficient (Wildman–Crippen LogP) is 1.20. The maximum absolute atomic E-state index is 10.4. The lowest BCUT2D eigenvalue weighted by atomic mass is 10.1. The van der Waals surface area contributed by atoms with Gasteiger partial charge in [0.2, 0.25) is 0 Å². The third-order valence-electron chi connectivity index (χ3n) is 1.70. The molecule has 5 heteroatoms. The highest BCUT2D eigenvalue weighted by Gasteiger charge is 2.10. The van der Waals surface area contributed by atoms with E-state index in [9.17, 15) is 10.1 Å². The number of benzene rings is 1. The second-order valence-corrected chi connectivity index (χ2v) is 2.90. The van der Waals surface area contributed by atoms with Crippen molar-refractivity contribution in [2.45, 2.75) is 13.0 Å². The lowest BCUT2D eigenvalue weighted by Gasteiger charge is -2.05. The number of hydrogen-bond acceptors (Lipinski definition) is 4. The SMILES string of the molecule is C[C@H](N)c1cc(N)cc([N+](=O)[O-])c1. The molecule has 1 aromatic carbocycles. The smallest absolute Gasteiger partial charge is 0.271 e. The lowest BCUT2D eigenvalue weighted by Crippen LogP contribution is -2.06. The number of nitro groups is 1. The molecule has 0 bridgehead atoms. The third-order valence-corrected chi connectivity index (χ3v) is 1.70. The fourth-order valence-electron chi connectivity index (χ4n) is 1.03. The lowest BCUT2D eigenvalue weighted by molar-refractivity contribution is -0.384. The summed E-state index contributed by atoms with van der Waals surface area (Å²) in [4.78, 5) is 9.95. The van der Waals surface area contributed by atoms with Gasteiger partial charge in [0.15, 0.2) is 0 Å². The topological polar surface area (TPSA) is 95.2 Å². The normalized spacial score (nSPS) is 12.5. The number of non-ortho nitro benzene ring substituents is 1. The Labute approximate surface area is 75.5 Å². The first-order valence-corrected chi connectivity index (χ1v) is 3.81. The molecular weight excluding hydrogens is 170 g/mol. The van der Waals surface area contributed by atoms with Crippen LogP contribution in [0.25, 0.3) is 0 Å². The Morgan fingerprint density at radius 2 is 2.08 bits per heavy atom. The van der Waals surface area contributed by atoms with E-state index in [0.717, 1.165) is 0 Å². The number of nitrogens with zero attached hydrogens (tertiary/aromatic N) is 1. The van der Waals surface area contributed by atoms with Crippen LogP contribution >= 0.6 is 0 Å². The van der Waals surface area contributed by atoms with Crippen LogP contribution in [0.5, 0.6) is 0 Å². The van der Waals surface area contributed by atoms with Gasteiger partial charge < -0.3 is 11.5 Å². The van der Waals surface area contributed by atoms with E-state index < -0.39 is 4.92 Å². The summed E-state index contributed by atoms with van der Waals surface area (Å²) in [6, 6.07) is 4.13. The molecule has 0 aliphatic heterocycles. The molecule has 0 amide bonds. The molecule has 1 rings (SSSR count). The Bertz CT molecular complexity index is 336. The van der Waals surface area contributed by atoms with Crippen molar-refractivity contribution in [3.63, 3.8) is 0 Å². The standard InChI is InChI=1S/C8H11N3O2/c1-5(9)6-2-7(10)4-8(3-6)11(12)13/h2-5H,9-10H2,1H3/t5-/m0/s1. The van der Waals surface area contributed by atoms with Crippen LogP contribution < -0.4 is 11.5 Å². The van der Waals surface area contributed by atoms with E-state index in [1.54, 1.807) is 13.0 Å². The van der Waals surface area contributed by atoms with Crippen molar-refractivity contribution >= 4 is 11.4 Å². The van der Waals surface area contributed by atoms with E-state index in [0.29, 0.717) is 11.3 Å². The Morgan fingerprint density at radius 3 is 2.54 bits per heavy atom. The zero-order valence-electron chi connectivity index (χ0n) is 7.23. The summed E-state index contributed by atoms with van der Waals surface area (Å²) in [5, 5.41) is 10.4. The summed E-state index contributed by atoms with van der Waals surface area (Å²) in [5.74, 6) is 0. The summed E-state index contributed by atoms with van der Waals surface area (Å²) in [6.07, 6.45) is 0. The molecule has 0 radical (unpaired) electrons. The van der Waals surface area contributed by atoms with Crippen molar-refractivity contribution in [3.05, 3.63) is 33.9 Å². The summed E-state index contributed by atoms with van der Waals surface area (Å²) in [6.45, 7) is 1.75. The van der Waals surface area contributed by atoms with Crippen LogP contribution in [0.2, 0.25) is 0 Å². The van der Waals surface area contributed by atoms with E-state index in [4.69, 9.17) is 11.5 Å². The van der Waals surface area contributed by atoms with Gasteiger partial charge in [0.05, 0.1) is 4.92 Å². The van der Waals surface area contributed by atoms with Crippen LogP contribution in [0, 0.1) is 10.1 Å². The number of nitrogens with two attached hydrogens (primary N) is 2. The van der Waals surface area contributed by atoms with Crippen LogP contribution in [0.4, 0.5) is 11.4 Å². The molecule has 0 fully saturated rings. The predicted molar refractivity (Wildman–Crippen MR) is 50.1 cm³/mol. The Kier molecular flexibility index (Phi) is 2.48.